The molecule has 0 aliphatic heterocycles. The molecule has 6 rings (SSSR count). The normalized spacial score (nSPS) is 45.0. The first-order valence-electron chi connectivity index (χ1n) is 20.3. The van der Waals surface area contributed by atoms with Gasteiger partial charge < -0.3 is 0 Å². The van der Waals surface area contributed by atoms with Gasteiger partial charge in [-0.2, -0.15) is 0 Å². The SMILES string of the molecule is CC1CCC(C2CCC(C)CC2)CC1.CC1CCC(C2CCC(C)CC2)CC1.CC1CCC(C2CCC(C)CC2)CC1.[HH].[HH].[HH].[HH].[HH].[HH]. The third-order valence-corrected chi connectivity index (χ3v) is 14.4. The van der Waals surface area contributed by atoms with Gasteiger partial charge in [0.2, 0.25) is 0 Å². The molecule has 0 radical (unpaired) electrons. The lowest BCUT2D eigenvalue weighted by molar-refractivity contribution is 0.155. The Morgan fingerprint density at radius 3 is 0.381 bits per heavy atom. The summed E-state index contributed by atoms with van der Waals surface area (Å²) in [5, 5.41) is 0. The van der Waals surface area contributed by atoms with Gasteiger partial charge in [0.05, 0.1) is 0 Å². The highest BCUT2D eigenvalue weighted by atomic mass is 14.4. The van der Waals surface area contributed by atoms with Crippen LogP contribution < -0.4 is 0 Å². The molecule has 0 heterocycles. The minimum atomic E-state index is 0. The first kappa shape index (κ1) is 34.9. The molecular weight excluding hydrogens is 504 g/mol. The Morgan fingerprint density at radius 2 is 0.286 bits per heavy atom. The van der Waals surface area contributed by atoms with Crippen LogP contribution in [0, 0.1) is 71.0 Å². The van der Waals surface area contributed by atoms with Gasteiger partial charge in [-0.15, -0.1) is 0 Å². The van der Waals surface area contributed by atoms with Crippen LogP contribution in [0.3, 0.4) is 0 Å². The van der Waals surface area contributed by atoms with Crippen molar-refractivity contribution in [3.63, 3.8) is 0 Å². The van der Waals surface area contributed by atoms with Crippen molar-refractivity contribution in [1.29, 1.82) is 0 Å². The first-order valence-corrected chi connectivity index (χ1v) is 20.3. The van der Waals surface area contributed by atoms with Crippen LogP contribution in [0.4, 0.5) is 0 Å². The van der Waals surface area contributed by atoms with Crippen molar-refractivity contribution < 1.29 is 8.56 Å². The zero-order valence-electron chi connectivity index (χ0n) is 29.9. The minimum absolute atomic E-state index is 0. The number of hydrogen-bond donors (Lipinski definition) is 0. The average Bonchev–Trinajstić information content (AvgIpc) is 3.01. The van der Waals surface area contributed by atoms with Crippen molar-refractivity contribution in [3.05, 3.63) is 0 Å². The molecule has 0 amide bonds. The van der Waals surface area contributed by atoms with Crippen LogP contribution >= 0.6 is 0 Å². The monoisotopic (exact) mass is 595 g/mol. The Balaban J connectivity index is -0.000000596. The van der Waals surface area contributed by atoms with Gasteiger partial charge in [-0.3, -0.25) is 0 Å². The van der Waals surface area contributed by atoms with Gasteiger partial charge in [0.25, 0.3) is 0 Å². The predicted molar refractivity (Wildman–Crippen MR) is 199 cm³/mol. The van der Waals surface area contributed by atoms with Crippen molar-refractivity contribution in [2.75, 3.05) is 0 Å². The van der Waals surface area contributed by atoms with Crippen molar-refractivity contribution in [2.24, 2.45) is 71.0 Å². The molecule has 0 saturated heterocycles. The van der Waals surface area contributed by atoms with Gasteiger partial charge in [-0.25, -0.2) is 0 Å². The molecule has 0 aromatic carbocycles. The summed E-state index contributed by atoms with van der Waals surface area (Å²) in [6.45, 7) is 14.6. The summed E-state index contributed by atoms with van der Waals surface area (Å²) >= 11 is 0. The molecule has 6 aliphatic carbocycles. The van der Waals surface area contributed by atoms with Gasteiger partial charge in [-0.1, -0.05) is 119 Å². The van der Waals surface area contributed by atoms with Crippen LogP contribution in [-0.4, -0.2) is 0 Å². The van der Waals surface area contributed by atoms with Crippen molar-refractivity contribution in [1.82, 2.24) is 0 Å². The van der Waals surface area contributed by atoms with Crippen molar-refractivity contribution in [2.45, 2.75) is 196 Å². The van der Waals surface area contributed by atoms with E-state index in [-0.39, 0.29) is 8.56 Å². The second kappa shape index (κ2) is 18.2. The highest BCUT2D eigenvalue weighted by molar-refractivity contribution is 4.82. The van der Waals surface area contributed by atoms with Gasteiger partial charge in [0.1, 0.15) is 0 Å². The van der Waals surface area contributed by atoms with Gasteiger partial charge in [-0.05, 0) is 148 Å². The van der Waals surface area contributed by atoms with Crippen LogP contribution in [0.25, 0.3) is 0 Å². The van der Waals surface area contributed by atoms with E-state index in [1.165, 1.54) is 77.0 Å². The van der Waals surface area contributed by atoms with Crippen LogP contribution in [0.1, 0.15) is 204 Å². The lowest BCUT2D eigenvalue weighted by Gasteiger charge is -2.36. The molecule has 6 saturated carbocycles. The quantitative estimate of drug-likeness (QED) is 0.305. The molecule has 0 bridgehead atoms. The summed E-state index contributed by atoms with van der Waals surface area (Å²) in [4.78, 5) is 0. The molecule has 0 unspecified atom stereocenters. The molecule has 0 heteroatoms. The van der Waals surface area contributed by atoms with E-state index in [0.717, 1.165) is 71.0 Å². The van der Waals surface area contributed by atoms with E-state index < -0.39 is 0 Å². The average molecular weight is 595 g/mol. The largest absolute Gasteiger partial charge is 0.0625 e. The molecule has 258 valence electrons. The molecule has 0 spiro atoms. The smallest absolute Gasteiger partial charge is 0 e. The van der Waals surface area contributed by atoms with Crippen LogP contribution in [0.5, 0.6) is 0 Å². The fourth-order valence-corrected chi connectivity index (χ4v) is 10.5. The Hall–Kier alpha value is 0. The molecule has 0 atom stereocenters. The second-order valence-electron chi connectivity index (χ2n) is 18.1. The molecule has 6 fully saturated rings. The summed E-state index contributed by atoms with van der Waals surface area (Å²) in [6.07, 6.45) is 36.6. The van der Waals surface area contributed by atoms with E-state index in [4.69, 9.17) is 0 Å². The zero-order chi connectivity index (χ0) is 29.9. The molecule has 6 aliphatic rings. The lowest BCUT2D eigenvalue weighted by Crippen LogP contribution is -2.24. The molecule has 0 aromatic heterocycles. The molecule has 42 heavy (non-hydrogen) atoms. The van der Waals surface area contributed by atoms with Gasteiger partial charge >= 0.3 is 0 Å². The van der Waals surface area contributed by atoms with Crippen LogP contribution in [0.2, 0.25) is 0 Å². The Labute approximate surface area is 275 Å². The summed E-state index contributed by atoms with van der Waals surface area (Å²) in [6, 6.07) is 0. The summed E-state index contributed by atoms with van der Waals surface area (Å²) in [5.74, 6) is 12.8. The van der Waals surface area contributed by atoms with Crippen molar-refractivity contribution in [3.8, 4) is 0 Å². The maximum atomic E-state index is 2.43. The molecule has 0 N–H and O–H groups in total. The summed E-state index contributed by atoms with van der Waals surface area (Å²) in [5.41, 5.74) is 0. The first-order chi connectivity index (χ1) is 20.3. The Bertz CT molecular complexity index is 532. The van der Waals surface area contributed by atoms with Crippen LogP contribution in [-0.2, 0) is 0 Å². The van der Waals surface area contributed by atoms with Crippen molar-refractivity contribution >= 4 is 0 Å². The lowest BCUT2D eigenvalue weighted by atomic mass is 9.70. The maximum Gasteiger partial charge on any atom is 0 e. The predicted octanol–water partition coefficient (Wildman–Crippen LogP) is 15.4. The number of rotatable bonds is 3. The summed E-state index contributed by atoms with van der Waals surface area (Å²) in [7, 11) is 0. The van der Waals surface area contributed by atoms with E-state index in [1.807, 2.05) is 0 Å². The minimum Gasteiger partial charge on any atom is -0.0625 e. The van der Waals surface area contributed by atoms with E-state index in [2.05, 4.69) is 41.5 Å². The van der Waals surface area contributed by atoms with E-state index >= 15 is 0 Å². The van der Waals surface area contributed by atoms with Gasteiger partial charge in [0.15, 0.2) is 0 Å². The third-order valence-electron chi connectivity index (χ3n) is 14.4. The Morgan fingerprint density at radius 1 is 0.190 bits per heavy atom. The third kappa shape index (κ3) is 11.7. The van der Waals surface area contributed by atoms with Crippen LogP contribution in [0.15, 0.2) is 0 Å². The van der Waals surface area contributed by atoms with E-state index in [9.17, 15) is 0 Å². The second-order valence-corrected chi connectivity index (χ2v) is 18.1. The summed E-state index contributed by atoms with van der Waals surface area (Å²) < 4.78 is 0. The fraction of sp³-hybridized carbons (Fsp3) is 1.00. The van der Waals surface area contributed by atoms with E-state index in [0.29, 0.717) is 0 Å². The van der Waals surface area contributed by atoms with E-state index in [1.54, 1.807) is 77.0 Å². The highest BCUT2D eigenvalue weighted by Crippen LogP contribution is 2.43. The van der Waals surface area contributed by atoms with Gasteiger partial charge in [0, 0.05) is 8.56 Å². The Kier molecular flexibility index (Phi) is 15.1. The topological polar surface area (TPSA) is 0 Å². The molecule has 0 aromatic rings. The molecule has 0 nitrogen and oxygen atoms in total. The molecular formula is C42H90. The highest BCUT2D eigenvalue weighted by Gasteiger charge is 2.30. The maximum absolute atomic E-state index is 2.43. The number of hydrogen-bond acceptors (Lipinski definition) is 0. The standard InChI is InChI=1S/3C14H26.6H2/c3*1-11-3-7-13(8-4-11)14-9-5-12(2)6-10-14;;;;;;/h3*11-14H,3-10H2,1-2H3;6*1H. The zero-order valence-corrected chi connectivity index (χ0v) is 29.9. The fourth-order valence-electron chi connectivity index (χ4n) is 10.5.